The van der Waals surface area contributed by atoms with E-state index in [0.29, 0.717) is 11.1 Å². The first-order valence-corrected chi connectivity index (χ1v) is 7.38. The highest BCUT2D eigenvalue weighted by Crippen LogP contribution is 2.31. The minimum atomic E-state index is -1.01. The number of rotatable bonds is 5. The van der Waals surface area contributed by atoms with Crippen molar-refractivity contribution in [1.82, 2.24) is 4.98 Å². The average molecular weight is 308 g/mol. The van der Waals surface area contributed by atoms with Gasteiger partial charge in [-0.25, -0.2) is 0 Å². The highest BCUT2D eigenvalue weighted by atomic mass is 16.6. The van der Waals surface area contributed by atoms with E-state index in [4.69, 9.17) is 0 Å². The number of nitrogens with one attached hydrogen (secondary N) is 1. The molecule has 0 bridgehead atoms. The van der Waals surface area contributed by atoms with Crippen molar-refractivity contribution >= 4 is 16.7 Å². The number of carbonyl (C=O) groups excluding carboxylic acids is 1. The van der Waals surface area contributed by atoms with Gasteiger partial charge in [-0.05, 0) is 11.6 Å². The minimum absolute atomic E-state index is 0.237. The summed E-state index contributed by atoms with van der Waals surface area (Å²) in [5, 5.41) is 12.2. The van der Waals surface area contributed by atoms with Crippen molar-refractivity contribution in [3.05, 3.63) is 82.0 Å². The van der Waals surface area contributed by atoms with Gasteiger partial charge in [0.1, 0.15) is 5.92 Å². The van der Waals surface area contributed by atoms with Gasteiger partial charge in [0.2, 0.25) is 6.04 Å². The lowest BCUT2D eigenvalue weighted by molar-refractivity contribution is -0.519. The Hall–Kier alpha value is -2.95. The number of aromatic amines is 1. The maximum absolute atomic E-state index is 12.9. The fourth-order valence-electron chi connectivity index (χ4n) is 2.88. The predicted octanol–water partition coefficient (Wildman–Crippen LogP) is 3.80. The molecule has 0 amide bonds. The highest BCUT2D eigenvalue weighted by Gasteiger charge is 2.36. The molecule has 23 heavy (non-hydrogen) atoms. The van der Waals surface area contributed by atoms with Crippen molar-refractivity contribution in [2.75, 3.05) is 0 Å². The first-order chi connectivity index (χ1) is 11.1. The number of carbonyl (C=O) groups is 1. The van der Waals surface area contributed by atoms with Crippen LogP contribution in [0, 0.1) is 10.1 Å². The smallest absolute Gasteiger partial charge is 0.224 e. The number of para-hydroxylation sites is 1. The quantitative estimate of drug-likeness (QED) is 0.442. The van der Waals surface area contributed by atoms with Crippen LogP contribution in [0.4, 0.5) is 0 Å². The summed E-state index contributed by atoms with van der Waals surface area (Å²) in [5.74, 6) is -1.07. The molecule has 5 nitrogen and oxygen atoms in total. The Bertz CT molecular complexity index is 855. The second kappa shape index (κ2) is 6.04. The van der Waals surface area contributed by atoms with E-state index < -0.39 is 16.9 Å². The zero-order valence-electron chi connectivity index (χ0n) is 12.6. The Morgan fingerprint density at radius 1 is 1.09 bits per heavy atom. The Morgan fingerprint density at radius 3 is 2.43 bits per heavy atom. The molecule has 0 aliphatic carbocycles. The van der Waals surface area contributed by atoms with Gasteiger partial charge in [-0.15, -0.1) is 0 Å². The van der Waals surface area contributed by atoms with Crippen molar-refractivity contribution in [2.24, 2.45) is 0 Å². The number of aromatic nitrogens is 1. The molecule has 1 heterocycles. The van der Waals surface area contributed by atoms with E-state index in [1.807, 2.05) is 30.3 Å². The van der Waals surface area contributed by atoms with Gasteiger partial charge in [-0.3, -0.25) is 14.9 Å². The fourth-order valence-corrected chi connectivity index (χ4v) is 2.88. The predicted molar refractivity (Wildman–Crippen MR) is 88.3 cm³/mol. The van der Waals surface area contributed by atoms with Gasteiger partial charge < -0.3 is 4.98 Å². The van der Waals surface area contributed by atoms with Gasteiger partial charge in [0.15, 0.2) is 5.78 Å². The molecule has 1 N–H and O–H groups in total. The number of nitrogens with zero attached hydrogens (tertiary/aromatic N) is 1. The second-order valence-electron chi connectivity index (χ2n) is 5.52. The molecule has 0 radical (unpaired) electrons. The molecule has 2 atom stereocenters. The maximum Gasteiger partial charge on any atom is 0.224 e. The normalized spacial score (nSPS) is 13.6. The Kier molecular flexibility index (Phi) is 3.93. The molecule has 116 valence electrons. The van der Waals surface area contributed by atoms with Crippen molar-refractivity contribution in [3.8, 4) is 0 Å². The summed E-state index contributed by atoms with van der Waals surface area (Å²) in [4.78, 5) is 27.0. The molecule has 0 saturated carbocycles. The molecule has 0 aliphatic heterocycles. The van der Waals surface area contributed by atoms with Crippen molar-refractivity contribution < 1.29 is 9.72 Å². The summed E-state index contributed by atoms with van der Waals surface area (Å²) in [5.41, 5.74) is 2.01. The monoisotopic (exact) mass is 308 g/mol. The molecule has 3 rings (SSSR count). The molecule has 2 aromatic carbocycles. The van der Waals surface area contributed by atoms with Crippen LogP contribution >= 0.6 is 0 Å². The molecule has 0 fully saturated rings. The van der Waals surface area contributed by atoms with Gasteiger partial charge in [0.05, 0.1) is 0 Å². The highest BCUT2D eigenvalue weighted by molar-refractivity contribution is 6.03. The first kappa shape index (κ1) is 15.0. The Morgan fingerprint density at radius 2 is 1.74 bits per heavy atom. The van der Waals surface area contributed by atoms with Crippen molar-refractivity contribution in [2.45, 2.75) is 18.9 Å². The van der Waals surface area contributed by atoms with E-state index >= 15 is 0 Å². The minimum Gasteiger partial charge on any atom is -0.361 e. The summed E-state index contributed by atoms with van der Waals surface area (Å²) in [6, 6.07) is 15.2. The molecule has 0 unspecified atom stereocenters. The molecular formula is C18H16N2O3. The van der Waals surface area contributed by atoms with Crippen LogP contribution < -0.4 is 0 Å². The number of nitro groups is 1. The number of ketones is 1. The zero-order valence-corrected chi connectivity index (χ0v) is 12.6. The Balaban J connectivity index is 2.13. The van der Waals surface area contributed by atoms with Gasteiger partial charge in [0, 0.05) is 34.5 Å². The largest absolute Gasteiger partial charge is 0.361 e. The number of H-pyrrole nitrogens is 1. The molecule has 3 aromatic rings. The SMILES string of the molecule is C[C@@H]([C@H](C(=O)c1ccccc1)c1c[nH]c2ccccc12)[N+](=O)[O-]. The topological polar surface area (TPSA) is 76.0 Å². The fraction of sp³-hybridized carbons (Fsp3) is 0.167. The van der Waals surface area contributed by atoms with E-state index in [9.17, 15) is 14.9 Å². The summed E-state index contributed by atoms with van der Waals surface area (Å²) in [6.45, 7) is 1.48. The number of fused-ring (bicyclic) bond motifs is 1. The molecule has 5 heteroatoms. The van der Waals surface area contributed by atoms with Gasteiger partial charge in [0.25, 0.3) is 0 Å². The number of Topliss-reactive ketones (excluding diaryl/α,β-unsaturated/α-hetero) is 1. The lowest BCUT2D eigenvalue weighted by atomic mass is 9.85. The van der Waals surface area contributed by atoms with Crippen molar-refractivity contribution in [1.29, 1.82) is 0 Å². The van der Waals surface area contributed by atoms with Crippen LogP contribution in [0.1, 0.15) is 28.8 Å². The lowest BCUT2D eigenvalue weighted by Crippen LogP contribution is -2.30. The number of hydrogen-bond donors (Lipinski definition) is 1. The Labute approximate surface area is 133 Å². The second-order valence-corrected chi connectivity index (χ2v) is 5.52. The molecular weight excluding hydrogens is 292 g/mol. The third-order valence-electron chi connectivity index (χ3n) is 4.11. The lowest BCUT2D eigenvalue weighted by Gasteiger charge is -2.17. The average Bonchev–Trinajstić information content (AvgIpc) is 2.99. The number of hydrogen-bond acceptors (Lipinski definition) is 3. The van der Waals surface area contributed by atoms with Gasteiger partial charge in [-0.2, -0.15) is 0 Å². The van der Waals surface area contributed by atoms with Gasteiger partial charge >= 0.3 is 0 Å². The molecule has 0 saturated heterocycles. The zero-order chi connectivity index (χ0) is 16.4. The molecule has 1 aromatic heterocycles. The molecule has 0 aliphatic rings. The van der Waals surface area contributed by atoms with Crippen LogP contribution in [0.15, 0.2) is 60.8 Å². The summed E-state index contributed by atoms with van der Waals surface area (Å²) >= 11 is 0. The van der Waals surface area contributed by atoms with Crippen LogP contribution in [0.2, 0.25) is 0 Å². The summed E-state index contributed by atoms with van der Waals surface area (Å²) < 4.78 is 0. The third-order valence-corrected chi connectivity index (χ3v) is 4.11. The number of benzene rings is 2. The van der Waals surface area contributed by atoms with Crippen LogP contribution in [0.25, 0.3) is 10.9 Å². The van der Waals surface area contributed by atoms with Gasteiger partial charge in [-0.1, -0.05) is 48.5 Å². The van der Waals surface area contributed by atoms with Crippen LogP contribution in [-0.4, -0.2) is 21.7 Å². The summed E-state index contributed by atoms with van der Waals surface area (Å²) in [7, 11) is 0. The van der Waals surface area contributed by atoms with E-state index in [-0.39, 0.29) is 5.78 Å². The van der Waals surface area contributed by atoms with Crippen LogP contribution in [0.5, 0.6) is 0 Å². The van der Waals surface area contributed by atoms with Crippen LogP contribution in [0.3, 0.4) is 0 Å². The van der Waals surface area contributed by atoms with E-state index in [1.54, 1.807) is 30.5 Å². The van der Waals surface area contributed by atoms with Crippen molar-refractivity contribution in [3.63, 3.8) is 0 Å². The third kappa shape index (κ3) is 2.73. The van der Waals surface area contributed by atoms with E-state index in [1.165, 1.54) is 6.92 Å². The van der Waals surface area contributed by atoms with Crippen LogP contribution in [-0.2, 0) is 0 Å². The van der Waals surface area contributed by atoms with E-state index in [0.717, 1.165) is 10.9 Å². The van der Waals surface area contributed by atoms with E-state index in [2.05, 4.69) is 4.98 Å². The summed E-state index contributed by atoms with van der Waals surface area (Å²) in [6.07, 6.45) is 1.70. The first-order valence-electron chi connectivity index (χ1n) is 7.38. The molecule has 0 spiro atoms. The maximum atomic E-state index is 12.9. The standard InChI is InChI=1S/C18H16N2O3/c1-12(20(22)23)17(18(21)13-7-3-2-4-8-13)15-11-19-16-10-6-5-9-14(15)16/h2-12,17,19H,1H3/t12-,17-/m0/s1.